The van der Waals surface area contributed by atoms with Crippen molar-refractivity contribution in [3.8, 4) is 0 Å². The average Bonchev–Trinajstić information content (AvgIpc) is 2.84. The average molecular weight is 440 g/mol. The highest BCUT2D eigenvalue weighted by atomic mass is 16.2. The predicted molar refractivity (Wildman–Crippen MR) is 132 cm³/mol. The minimum absolute atomic E-state index is 0.0598. The first-order chi connectivity index (χ1) is 16.0. The smallest absolute Gasteiger partial charge is 0.255 e. The van der Waals surface area contributed by atoms with Crippen molar-refractivity contribution in [2.45, 2.75) is 33.1 Å². The van der Waals surface area contributed by atoms with Gasteiger partial charge in [0.1, 0.15) is 0 Å². The molecule has 2 amide bonds. The van der Waals surface area contributed by atoms with Crippen molar-refractivity contribution >= 4 is 34.4 Å². The van der Waals surface area contributed by atoms with Gasteiger partial charge >= 0.3 is 0 Å². The number of hydrogen-bond acceptors (Lipinski definition) is 3. The van der Waals surface area contributed by atoms with Gasteiger partial charge in [-0.25, -0.2) is 4.98 Å². The zero-order valence-corrected chi connectivity index (χ0v) is 19.3. The van der Waals surface area contributed by atoms with Gasteiger partial charge in [0.15, 0.2) is 0 Å². The quantitative estimate of drug-likeness (QED) is 0.580. The Morgan fingerprint density at radius 3 is 2.33 bits per heavy atom. The molecule has 0 atom stereocenters. The number of aryl methyl sites for hydroxylation is 1. The molecule has 5 rings (SSSR count). The highest BCUT2D eigenvalue weighted by Gasteiger charge is 2.29. The summed E-state index contributed by atoms with van der Waals surface area (Å²) in [5.74, 6) is 0.129. The second-order valence-electron chi connectivity index (χ2n) is 9.06. The molecule has 1 saturated heterocycles. The number of amides is 2. The number of benzene rings is 2. The molecule has 2 aliphatic rings. The van der Waals surface area contributed by atoms with E-state index in [1.165, 1.54) is 11.1 Å². The number of pyridine rings is 1. The molecule has 0 saturated carbocycles. The van der Waals surface area contributed by atoms with Crippen LogP contribution in [0.15, 0.2) is 48.5 Å². The van der Waals surface area contributed by atoms with Crippen LogP contribution in [0, 0.1) is 6.92 Å². The summed E-state index contributed by atoms with van der Waals surface area (Å²) in [5.41, 5.74) is 7.28. The third kappa shape index (κ3) is 4.15. The lowest BCUT2D eigenvalue weighted by Gasteiger charge is -2.35. The molecular formula is C28H29N3O2. The lowest BCUT2D eigenvalue weighted by atomic mass is 9.85. The van der Waals surface area contributed by atoms with E-state index in [0.717, 1.165) is 52.5 Å². The fourth-order valence-corrected chi connectivity index (χ4v) is 4.97. The predicted octanol–water partition coefficient (Wildman–Crippen LogP) is 4.72. The molecule has 1 fully saturated rings. The van der Waals surface area contributed by atoms with Gasteiger partial charge < -0.3 is 9.80 Å². The van der Waals surface area contributed by atoms with Crippen LogP contribution in [0.5, 0.6) is 0 Å². The van der Waals surface area contributed by atoms with Gasteiger partial charge in [-0.3, -0.25) is 9.59 Å². The number of nitrogens with zero attached hydrogens (tertiary/aromatic N) is 3. The normalized spacial score (nSPS) is 17.3. The minimum Gasteiger partial charge on any atom is -0.339 e. The molecule has 2 aromatic carbocycles. The van der Waals surface area contributed by atoms with E-state index in [0.29, 0.717) is 26.2 Å². The van der Waals surface area contributed by atoms with Gasteiger partial charge in [-0.1, -0.05) is 48.0 Å². The van der Waals surface area contributed by atoms with Gasteiger partial charge in [0.25, 0.3) is 5.91 Å². The topological polar surface area (TPSA) is 53.5 Å². The van der Waals surface area contributed by atoms with Gasteiger partial charge in [-0.05, 0) is 55.0 Å². The summed E-state index contributed by atoms with van der Waals surface area (Å²) >= 11 is 0. The van der Waals surface area contributed by atoms with E-state index >= 15 is 0 Å². The number of piperazine rings is 1. The van der Waals surface area contributed by atoms with Gasteiger partial charge in [-0.15, -0.1) is 0 Å². The highest BCUT2D eigenvalue weighted by Crippen LogP contribution is 2.36. The van der Waals surface area contributed by atoms with Crippen LogP contribution < -0.4 is 0 Å². The summed E-state index contributed by atoms with van der Waals surface area (Å²) in [7, 11) is 0. The lowest BCUT2D eigenvalue weighted by Crippen LogP contribution is -2.50. The minimum atomic E-state index is 0.0598. The van der Waals surface area contributed by atoms with Crippen LogP contribution in [0.3, 0.4) is 0 Å². The van der Waals surface area contributed by atoms with Crippen molar-refractivity contribution < 1.29 is 9.59 Å². The molecule has 0 unspecified atom stereocenters. The molecule has 0 N–H and O–H groups in total. The largest absolute Gasteiger partial charge is 0.339 e. The number of carbonyl (C=O) groups is 2. The molecule has 0 radical (unpaired) electrons. The fourth-order valence-electron chi connectivity index (χ4n) is 4.97. The second kappa shape index (κ2) is 8.81. The third-order valence-corrected chi connectivity index (χ3v) is 6.81. The van der Waals surface area contributed by atoms with E-state index in [1.54, 1.807) is 6.92 Å². The van der Waals surface area contributed by atoms with Crippen molar-refractivity contribution in [1.29, 1.82) is 0 Å². The molecule has 0 bridgehead atoms. The standard InChI is InChI=1S/C28H29N3O2/c1-19-10-12-21(13-11-19)18-22-6-5-8-24-26(23-7-3-4-9-25(23)29-27(22)24)28(33)31-16-14-30(15-17-31)20(2)32/h3-4,7,9-13,18H,5-6,8,14-17H2,1-2H3/b22-18-. The molecule has 168 valence electrons. The van der Waals surface area contributed by atoms with Crippen molar-refractivity contribution in [2.24, 2.45) is 0 Å². The summed E-state index contributed by atoms with van der Waals surface area (Å²) in [6, 6.07) is 16.5. The van der Waals surface area contributed by atoms with Crippen LogP contribution in [0.4, 0.5) is 0 Å². The number of hydrogen-bond donors (Lipinski definition) is 0. The summed E-state index contributed by atoms with van der Waals surface area (Å²) < 4.78 is 0. The number of carbonyl (C=O) groups excluding carboxylic acids is 2. The first-order valence-corrected chi connectivity index (χ1v) is 11.8. The van der Waals surface area contributed by atoms with Gasteiger partial charge in [0.2, 0.25) is 5.91 Å². The maximum Gasteiger partial charge on any atom is 0.255 e. The molecule has 33 heavy (non-hydrogen) atoms. The van der Waals surface area contributed by atoms with E-state index in [9.17, 15) is 9.59 Å². The van der Waals surface area contributed by atoms with E-state index in [4.69, 9.17) is 4.98 Å². The Balaban J connectivity index is 1.59. The molecule has 2 heterocycles. The van der Waals surface area contributed by atoms with Crippen LogP contribution >= 0.6 is 0 Å². The summed E-state index contributed by atoms with van der Waals surface area (Å²) in [5, 5.41) is 0.923. The monoisotopic (exact) mass is 439 g/mol. The van der Waals surface area contributed by atoms with E-state index in [-0.39, 0.29) is 11.8 Å². The van der Waals surface area contributed by atoms with E-state index in [1.807, 2.05) is 34.1 Å². The Bertz CT molecular complexity index is 1250. The zero-order valence-electron chi connectivity index (χ0n) is 19.3. The van der Waals surface area contributed by atoms with E-state index in [2.05, 4.69) is 37.3 Å². The molecule has 1 aromatic heterocycles. The first-order valence-electron chi connectivity index (χ1n) is 11.8. The fraction of sp³-hybridized carbons (Fsp3) is 0.321. The summed E-state index contributed by atoms with van der Waals surface area (Å²) in [4.78, 5) is 34.3. The summed E-state index contributed by atoms with van der Waals surface area (Å²) in [6.07, 6.45) is 5.03. The van der Waals surface area contributed by atoms with Crippen molar-refractivity contribution in [2.75, 3.05) is 26.2 Å². The SMILES string of the molecule is CC(=O)N1CCN(C(=O)c2c3c(nc4ccccc24)/C(=C\c2ccc(C)cc2)CCC3)CC1. The van der Waals surface area contributed by atoms with Gasteiger partial charge in [0.05, 0.1) is 16.8 Å². The first kappa shape index (κ1) is 21.4. The Morgan fingerprint density at radius 1 is 0.909 bits per heavy atom. The molecule has 1 aliphatic heterocycles. The zero-order chi connectivity index (χ0) is 22.9. The lowest BCUT2D eigenvalue weighted by molar-refractivity contribution is -0.130. The van der Waals surface area contributed by atoms with Gasteiger partial charge in [0, 0.05) is 38.5 Å². The Hall–Kier alpha value is -3.47. The Kier molecular flexibility index (Phi) is 5.71. The number of fused-ring (bicyclic) bond motifs is 2. The molecule has 1 aliphatic carbocycles. The van der Waals surface area contributed by atoms with Crippen molar-refractivity contribution in [1.82, 2.24) is 14.8 Å². The van der Waals surface area contributed by atoms with Crippen LogP contribution in [0.2, 0.25) is 0 Å². The Morgan fingerprint density at radius 2 is 1.61 bits per heavy atom. The van der Waals surface area contributed by atoms with E-state index < -0.39 is 0 Å². The number of rotatable bonds is 2. The highest BCUT2D eigenvalue weighted by molar-refractivity contribution is 6.09. The van der Waals surface area contributed by atoms with Gasteiger partial charge in [-0.2, -0.15) is 0 Å². The second-order valence-corrected chi connectivity index (χ2v) is 9.06. The molecular weight excluding hydrogens is 410 g/mol. The Labute approximate surface area is 194 Å². The molecule has 5 heteroatoms. The summed E-state index contributed by atoms with van der Waals surface area (Å²) in [6.45, 7) is 5.99. The van der Waals surface area contributed by atoms with Crippen LogP contribution in [-0.2, 0) is 11.2 Å². The molecule has 5 nitrogen and oxygen atoms in total. The number of allylic oxidation sites excluding steroid dienone is 1. The third-order valence-electron chi connectivity index (χ3n) is 6.81. The maximum atomic E-state index is 13.8. The molecule has 0 spiro atoms. The van der Waals surface area contributed by atoms with Crippen LogP contribution in [0.1, 0.15) is 52.5 Å². The van der Waals surface area contributed by atoms with Crippen molar-refractivity contribution in [3.63, 3.8) is 0 Å². The van der Waals surface area contributed by atoms with Crippen LogP contribution in [-0.4, -0.2) is 52.8 Å². The van der Waals surface area contributed by atoms with Crippen molar-refractivity contribution in [3.05, 3.63) is 76.5 Å². The maximum absolute atomic E-state index is 13.8. The van der Waals surface area contributed by atoms with Crippen LogP contribution in [0.25, 0.3) is 22.6 Å². The number of para-hydroxylation sites is 1. The molecule has 3 aromatic rings. The number of aromatic nitrogens is 1.